The van der Waals surface area contributed by atoms with E-state index in [2.05, 4.69) is 5.32 Å². The number of hydrogen-bond donors (Lipinski definition) is 2. The molecule has 3 aromatic carbocycles. The van der Waals surface area contributed by atoms with Crippen molar-refractivity contribution < 1.29 is 24.0 Å². The molecule has 0 spiro atoms. The van der Waals surface area contributed by atoms with E-state index in [0.717, 1.165) is 27.0 Å². The number of rotatable bonds is 6. The quantitative estimate of drug-likeness (QED) is 0.532. The van der Waals surface area contributed by atoms with Crippen molar-refractivity contribution in [2.24, 2.45) is 5.73 Å². The fourth-order valence-corrected chi connectivity index (χ4v) is 4.94. The molecule has 10 nitrogen and oxygen atoms in total. The molecule has 5 rings (SSSR count). The van der Waals surface area contributed by atoms with Crippen LogP contribution in [0.15, 0.2) is 72.8 Å². The van der Waals surface area contributed by atoms with E-state index in [1.54, 1.807) is 0 Å². The first kappa shape index (κ1) is 24.3. The van der Waals surface area contributed by atoms with Crippen LogP contribution in [-0.4, -0.2) is 64.0 Å². The lowest BCUT2D eigenvalue weighted by Gasteiger charge is -2.50. The lowest BCUT2D eigenvalue weighted by Crippen LogP contribution is -2.72. The highest BCUT2D eigenvalue weighted by molar-refractivity contribution is 5.94. The van der Waals surface area contributed by atoms with Crippen LogP contribution in [0.2, 0.25) is 0 Å². The molecule has 0 aromatic heterocycles. The van der Waals surface area contributed by atoms with Crippen LogP contribution in [0.25, 0.3) is 10.8 Å². The van der Waals surface area contributed by atoms with Crippen LogP contribution in [-0.2, 0) is 32.3 Å². The summed E-state index contributed by atoms with van der Waals surface area (Å²) in [5.74, 6) is -1.60. The molecule has 190 valence electrons. The van der Waals surface area contributed by atoms with Gasteiger partial charge in [0.2, 0.25) is 11.8 Å². The summed E-state index contributed by atoms with van der Waals surface area (Å²) in [5, 5.41) is 6.02. The second-order valence-electron chi connectivity index (χ2n) is 9.07. The standard InChI is InChI=1S/C27H27N5O5/c28-23(33)13-22-26(35)30(15-18-7-2-1-3-8-18)16-24-31(22)25(34)17-37-32(24)27(36)29-14-20-11-6-10-19-9-4-5-12-21(19)20/h1-12,22,24H,13-17H2,(H2,28,33)(H,29,36). The van der Waals surface area contributed by atoms with Gasteiger partial charge in [-0.05, 0) is 21.9 Å². The average Bonchev–Trinajstić information content (AvgIpc) is 2.90. The third-order valence-electron chi connectivity index (χ3n) is 6.64. The second kappa shape index (κ2) is 10.3. The van der Waals surface area contributed by atoms with E-state index in [1.165, 1.54) is 9.80 Å². The van der Waals surface area contributed by atoms with Gasteiger partial charge in [-0.2, -0.15) is 5.06 Å². The number of piperazine rings is 1. The minimum Gasteiger partial charge on any atom is -0.370 e. The van der Waals surface area contributed by atoms with Crippen LogP contribution < -0.4 is 11.1 Å². The maximum absolute atomic E-state index is 13.3. The molecule has 3 aromatic rings. The molecule has 2 saturated heterocycles. The van der Waals surface area contributed by atoms with Gasteiger partial charge in [-0.1, -0.05) is 72.8 Å². The normalized spacial score (nSPS) is 19.6. The van der Waals surface area contributed by atoms with Gasteiger partial charge in [0.05, 0.1) is 13.0 Å². The van der Waals surface area contributed by atoms with Gasteiger partial charge in [-0.15, -0.1) is 0 Å². The topological polar surface area (TPSA) is 125 Å². The molecule has 0 aliphatic carbocycles. The van der Waals surface area contributed by atoms with E-state index in [1.807, 2.05) is 72.8 Å². The summed E-state index contributed by atoms with van der Waals surface area (Å²) < 4.78 is 0. The molecule has 2 heterocycles. The van der Waals surface area contributed by atoms with Gasteiger partial charge in [0, 0.05) is 13.1 Å². The Kier molecular flexibility index (Phi) is 6.74. The van der Waals surface area contributed by atoms with Crippen molar-refractivity contribution in [2.75, 3.05) is 13.2 Å². The van der Waals surface area contributed by atoms with Crippen molar-refractivity contribution >= 4 is 34.5 Å². The highest BCUT2D eigenvalue weighted by atomic mass is 16.7. The van der Waals surface area contributed by atoms with Gasteiger partial charge in [-0.3, -0.25) is 19.2 Å². The lowest BCUT2D eigenvalue weighted by atomic mass is 10.0. The maximum Gasteiger partial charge on any atom is 0.343 e. The number of carbonyl (C=O) groups is 4. The number of urea groups is 1. The Morgan fingerprint density at radius 1 is 0.973 bits per heavy atom. The number of primary amides is 1. The SMILES string of the molecule is NC(=O)CC1C(=O)N(Cc2ccccc2)CC2N(C(=O)NCc3cccc4ccccc34)OCC(=O)N12. The molecule has 2 unspecified atom stereocenters. The molecular formula is C27H27N5O5. The molecular weight excluding hydrogens is 474 g/mol. The number of hydrogen-bond acceptors (Lipinski definition) is 5. The number of nitrogens with two attached hydrogens (primary N) is 1. The summed E-state index contributed by atoms with van der Waals surface area (Å²) >= 11 is 0. The van der Waals surface area contributed by atoms with E-state index in [9.17, 15) is 19.2 Å². The number of hydroxylamine groups is 2. The molecule has 0 saturated carbocycles. The van der Waals surface area contributed by atoms with Gasteiger partial charge in [-0.25, -0.2) is 4.79 Å². The first-order chi connectivity index (χ1) is 17.9. The van der Waals surface area contributed by atoms with Crippen molar-refractivity contribution in [1.82, 2.24) is 20.2 Å². The summed E-state index contributed by atoms with van der Waals surface area (Å²) in [6.45, 7) is 0.0762. The predicted octanol–water partition coefficient (Wildman–Crippen LogP) is 1.74. The lowest BCUT2D eigenvalue weighted by molar-refractivity contribution is -0.236. The largest absolute Gasteiger partial charge is 0.370 e. The van der Waals surface area contributed by atoms with Gasteiger partial charge in [0.1, 0.15) is 6.04 Å². The Morgan fingerprint density at radius 3 is 2.49 bits per heavy atom. The summed E-state index contributed by atoms with van der Waals surface area (Å²) in [7, 11) is 0. The zero-order chi connectivity index (χ0) is 25.9. The van der Waals surface area contributed by atoms with Crippen LogP contribution in [0.3, 0.4) is 0 Å². The highest BCUT2D eigenvalue weighted by Crippen LogP contribution is 2.27. The highest BCUT2D eigenvalue weighted by Gasteiger charge is 2.50. The van der Waals surface area contributed by atoms with Gasteiger partial charge < -0.3 is 20.9 Å². The van der Waals surface area contributed by atoms with E-state index < -0.39 is 42.6 Å². The fourth-order valence-electron chi connectivity index (χ4n) is 4.94. The van der Waals surface area contributed by atoms with Crippen molar-refractivity contribution in [3.63, 3.8) is 0 Å². The summed E-state index contributed by atoms with van der Waals surface area (Å²) in [6.07, 6.45) is -1.27. The molecule has 0 radical (unpaired) electrons. The van der Waals surface area contributed by atoms with Gasteiger partial charge in [0.15, 0.2) is 12.8 Å². The number of nitrogens with one attached hydrogen (secondary N) is 1. The van der Waals surface area contributed by atoms with E-state index in [4.69, 9.17) is 10.6 Å². The zero-order valence-corrected chi connectivity index (χ0v) is 20.1. The number of amides is 5. The zero-order valence-electron chi connectivity index (χ0n) is 20.1. The Morgan fingerprint density at radius 2 is 1.70 bits per heavy atom. The van der Waals surface area contributed by atoms with Crippen LogP contribution in [0, 0.1) is 0 Å². The summed E-state index contributed by atoms with van der Waals surface area (Å²) in [4.78, 5) is 59.7. The van der Waals surface area contributed by atoms with Crippen LogP contribution >= 0.6 is 0 Å². The number of carbonyl (C=O) groups excluding carboxylic acids is 4. The molecule has 2 aliphatic rings. The Balaban J connectivity index is 1.39. The van der Waals surface area contributed by atoms with E-state index in [0.29, 0.717) is 0 Å². The van der Waals surface area contributed by atoms with Crippen molar-refractivity contribution in [3.8, 4) is 0 Å². The van der Waals surface area contributed by atoms with E-state index in [-0.39, 0.29) is 26.1 Å². The molecule has 2 atom stereocenters. The molecule has 3 N–H and O–H groups in total. The summed E-state index contributed by atoms with van der Waals surface area (Å²) in [5.41, 5.74) is 7.23. The first-order valence-corrected chi connectivity index (χ1v) is 12.0. The van der Waals surface area contributed by atoms with Gasteiger partial charge in [0.25, 0.3) is 5.91 Å². The molecule has 5 amide bonds. The molecule has 2 fully saturated rings. The average molecular weight is 502 g/mol. The predicted molar refractivity (Wildman–Crippen MR) is 134 cm³/mol. The third kappa shape index (κ3) is 4.96. The van der Waals surface area contributed by atoms with Crippen molar-refractivity contribution in [3.05, 3.63) is 83.9 Å². The van der Waals surface area contributed by atoms with Crippen LogP contribution in [0.5, 0.6) is 0 Å². The first-order valence-electron chi connectivity index (χ1n) is 12.0. The smallest absolute Gasteiger partial charge is 0.343 e. The maximum atomic E-state index is 13.3. The molecule has 2 aliphatic heterocycles. The minimum absolute atomic E-state index is 0.0242. The molecule has 10 heteroatoms. The Hall–Kier alpha value is -4.44. The molecule has 0 bridgehead atoms. The third-order valence-corrected chi connectivity index (χ3v) is 6.64. The van der Waals surface area contributed by atoms with Gasteiger partial charge >= 0.3 is 6.03 Å². The Bertz CT molecular complexity index is 1340. The van der Waals surface area contributed by atoms with Crippen LogP contribution in [0.1, 0.15) is 17.5 Å². The van der Waals surface area contributed by atoms with Crippen LogP contribution in [0.4, 0.5) is 4.79 Å². The number of benzene rings is 3. The Labute approximate surface area is 213 Å². The number of fused-ring (bicyclic) bond motifs is 2. The van der Waals surface area contributed by atoms with Crippen molar-refractivity contribution in [2.45, 2.75) is 31.7 Å². The van der Waals surface area contributed by atoms with E-state index >= 15 is 0 Å². The fraction of sp³-hybridized carbons (Fsp3) is 0.259. The minimum atomic E-state index is -1.12. The second-order valence-corrected chi connectivity index (χ2v) is 9.07. The monoisotopic (exact) mass is 501 g/mol. The summed E-state index contributed by atoms with van der Waals surface area (Å²) in [6, 6.07) is 21.4. The molecule has 37 heavy (non-hydrogen) atoms. The van der Waals surface area contributed by atoms with Crippen molar-refractivity contribution in [1.29, 1.82) is 0 Å². The number of nitrogens with zero attached hydrogens (tertiary/aromatic N) is 3.